The number of hydrogen-bond acceptors (Lipinski definition) is 5. The van der Waals surface area contributed by atoms with Crippen molar-refractivity contribution in [2.24, 2.45) is 7.05 Å². The van der Waals surface area contributed by atoms with Gasteiger partial charge in [-0.1, -0.05) is 41.9 Å². The van der Waals surface area contributed by atoms with Gasteiger partial charge >= 0.3 is 0 Å². The summed E-state index contributed by atoms with van der Waals surface area (Å²) in [6.45, 7) is 0.341. The fourth-order valence-corrected chi connectivity index (χ4v) is 3.98. The van der Waals surface area contributed by atoms with Crippen LogP contribution in [0.2, 0.25) is 5.02 Å². The van der Waals surface area contributed by atoms with Crippen LogP contribution >= 0.6 is 22.9 Å². The molecule has 0 saturated carbocycles. The number of thiazole rings is 1. The molecule has 1 atom stereocenters. The molecule has 2 aromatic carbocycles. The van der Waals surface area contributed by atoms with Gasteiger partial charge in [-0.2, -0.15) is 0 Å². The number of imidazole rings is 1. The molecule has 158 valence electrons. The second-order valence-electron chi connectivity index (χ2n) is 6.96. The Kier molecular flexibility index (Phi) is 6.64. The zero-order valence-electron chi connectivity index (χ0n) is 16.9. The highest BCUT2D eigenvalue weighted by atomic mass is 35.5. The lowest BCUT2D eigenvalue weighted by Crippen LogP contribution is -2.32. The molecule has 4 aromatic rings. The first-order valence-corrected chi connectivity index (χ1v) is 11.0. The number of nitrogens with one attached hydrogen (secondary N) is 1. The third kappa shape index (κ3) is 5.51. The lowest BCUT2D eigenvalue weighted by atomic mass is 10.1. The van der Waals surface area contributed by atoms with Crippen molar-refractivity contribution in [3.63, 3.8) is 0 Å². The molecule has 0 aliphatic rings. The number of aromatic nitrogens is 3. The van der Waals surface area contributed by atoms with E-state index in [4.69, 9.17) is 16.3 Å². The van der Waals surface area contributed by atoms with Crippen molar-refractivity contribution in [2.75, 3.05) is 0 Å². The van der Waals surface area contributed by atoms with Gasteiger partial charge in [0.15, 0.2) is 0 Å². The van der Waals surface area contributed by atoms with Gasteiger partial charge in [-0.25, -0.2) is 9.97 Å². The van der Waals surface area contributed by atoms with Crippen molar-refractivity contribution in [1.29, 1.82) is 0 Å². The molecular formula is C23H21ClN4O2S. The predicted molar refractivity (Wildman–Crippen MR) is 121 cm³/mol. The summed E-state index contributed by atoms with van der Waals surface area (Å²) >= 11 is 7.36. The van der Waals surface area contributed by atoms with Crippen molar-refractivity contribution in [3.8, 4) is 5.75 Å². The van der Waals surface area contributed by atoms with Crippen LogP contribution in [0.3, 0.4) is 0 Å². The fourth-order valence-electron chi connectivity index (χ4n) is 3.15. The van der Waals surface area contributed by atoms with Crippen molar-refractivity contribution in [1.82, 2.24) is 19.9 Å². The number of amides is 1. The normalized spacial score (nSPS) is 11.8. The van der Waals surface area contributed by atoms with Gasteiger partial charge < -0.3 is 14.6 Å². The van der Waals surface area contributed by atoms with Gasteiger partial charge in [0.2, 0.25) is 5.91 Å². The molecular weight excluding hydrogens is 432 g/mol. The van der Waals surface area contributed by atoms with E-state index in [1.807, 2.05) is 65.7 Å². The maximum Gasteiger partial charge on any atom is 0.226 e. The SMILES string of the molecule is Cn1ccnc1C(NC(=O)Cc1csc(COc2ccc(Cl)cc2)n1)c1ccccc1. The zero-order chi connectivity index (χ0) is 21.6. The summed E-state index contributed by atoms with van der Waals surface area (Å²) in [5, 5.41) is 6.45. The van der Waals surface area contributed by atoms with Crippen molar-refractivity contribution in [2.45, 2.75) is 19.1 Å². The summed E-state index contributed by atoms with van der Waals surface area (Å²) in [4.78, 5) is 21.8. The quantitative estimate of drug-likeness (QED) is 0.425. The average Bonchev–Trinajstić information content (AvgIpc) is 3.41. The van der Waals surface area contributed by atoms with Crippen molar-refractivity contribution < 1.29 is 9.53 Å². The minimum atomic E-state index is -0.333. The molecule has 0 aliphatic heterocycles. The molecule has 0 aliphatic carbocycles. The van der Waals surface area contributed by atoms with Crippen LogP contribution in [0.15, 0.2) is 72.4 Å². The maximum atomic E-state index is 12.8. The first-order valence-electron chi connectivity index (χ1n) is 9.71. The number of benzene rings is 2. The molecule has 0 fully saturated rings. The molecule has 0 radical (unpaired) electrons. The first-order chi connectivity index (χ1) is 15.1. The Morgan fingerprint density at radius 3 is 2.68 bits per heavy atom. The number of aryl methyl sites for hydroxylation is 1. The molecule has 0 bridgehead atoms. The van der Waals surface area contributed by atoms with E-state index in [1.165, 1.54) is 11.3 Å². The van der Waals surface area contributed by atoms with E-state index in [1.54, 1.807) is 18.3 Å². The Labute approximate surface area is 189 Å². The molecule has 31 heavy (non-hydrogen) atoms. The monoisotopic (exact) mass is 452 g/mol. The van der Waals surface area contributed by atoms with Gasteiger partial charge in [0, 0.05) is 29.8 Å². The second-order valence-corrected chi connectivity index (χ2v) is 8.34. The molecule has 8 heteroatoms. The Hall–Kier alpha value is -3.16. The number of rotatable bonds is 8. The van der Waals surface area contributed by atoms with E-state index in [0.717, 1.165) is 22.1 Å². The van der Waals surface area contributed by atoms with Crippen LogP contribution in [0.25, 0.3) is 0 Å². The van der Waals surface area contributed by atoms with E-state index in [9.17, 15) is 4.79 Å². The van der Waals surface area contributed by atoms with Crippen LogP contribution in [-0.4, -0.2) is 20.4 Å². The van der Waals surface area contributed by atoms with E-state index >= 15 is 0 Å². The van der Waals surface area contributed by atoms with Crippen LogP contribution < -0.4 is 10.1 Å². The van der Waals surface area contributed by atoms with Crippen molar-refractivity contribution in [3.05, 3.63) is 99.5 Å². The number of halogens is 1. The Morgan fingerprint density at radius 1 is 1.19 bits per heavy atom. The van der Waals surface area contributed by atoms with Crippen LogP contribution in [0.1, 0.15) is 28.1 Å². The summed E-state index contributed by atoms with van der Waals surface area (Å²) in [6, 6.07) is 16.7. The second kappa shape index (κ2) is 9.76. The summed E-state index contributed by atoms with van der Waals surface area (Å²) in [5.74, 6) is 1.38. The maximum absolute atomic E-state index is 12.8. The predicted octanol–water partition coefficient (Wildman–Crippen LogP) is 4.56. The average molecular weight is 453 g/mol. The highest BCUT2D eigenvalue weighted by Gasteiger charge is 2.21. The Bertz CT molecular complexity index is 1140. The Morgan fingerprint density at radius 2 is 1.97 bits per heavy atom. The highest BCUT2D eigenvalue weighted by molar-refractivity contribution is 7.09. The molecule has 1 unspecified atom stereocenters. The van der Waals surface area contributed by atoms with E-state index in [0.29, 0.717) is 17.3 Å². The van der Waals surface area contributed by atoms with Gasteiger partial charge in [0.25, 0.3) is 0 Å². The van der Waals surface area contributed by atoms with E-state index in [2.05, 4.69) is 15.3 Å². The Balaban J connectivity index is 1.39. The van der Waals surface area contributed by atoms with Gasteiger partial charge in [0.1, 0.15) is 29.2 Å². The first kappa shape index (κ1) is 21.1. The number of nitrogens with zero attached hydrogens (tertiary/aromatic N) is 3. The summed E-state index contributed by atoms with van der Waals surface area (Å²) in [7, 11) is 1.91. The molecule has 0 saturated heterocycles. The summed E-state index contributed by atoms with van der Waals surface area (Å²) in [5.41, 5.74) is 1.68. The molecule has 0 spiro atoms. The van der Waals surface area contributed by atoms with Gasteiger partial charge in [-0.05, 0) is 29.8 Å². The van der Waals surface area contributed by atoms with Crippen molar-refractivity contribution >= 4 is 28.8 Å². The minimum Gasteiger partial charge on any atom is -0.486 e. The van der Waals surface area contributed by atoms with E-state index < -0.39 is 0 Å². The van der Waals surface area contributed by atoms with Gasteiger partial charge in [-0.15, -0.1) is 11.3 Å². The lowest BCUT2D eigenvalue weighted by molar-refractivity contribution is -0.121. The minimum absolute atomic E-state index is 0.118. The fraction of sp³-hybridized carbons (Fsp3) is 0.174. The molecule has 4 rings (SSSR count). The zero-order valence-corrected chi connectivity index (χ0v) is 18.4. The highest BCUT2D eigenvalue weighted by Crippen LogP contribution is 2.21. The largest absolute Gasteiger partial charge is 0.486 e. The smallest absolute Gasteiger partial charge is 0.226 e. The lowest BCUT2D eigenvalue weighted by Gasteiger charge is -2.19. The van der Waals surface area contributed by atoms with Gasteiger partial charge in [-0.3, -0.25) is 4.79 Å². The molecule has 2 heterocycles. The van der Waals surface area contributed by atoms with Crippen LogP contribution in [-0.2, 0) is 24.9 Å². The number of carbonyl (C=O) groups is 1. The molecule has 1 amide bonds. The van der Waals surface area contributed by atoms with Crippen LogP contribution in [0.5, 0.6) is 5.75 Å². The topological polar surface area (TPSA) is 69.0 Å². The summed E-state index contributed by atoms with van der Waals surface area (Å²) in [6.07, 6.45) is 3.78. The van der Waals surface area contributed by atoms with Crippen LogP contribution in [0, 0.1) is 0 Å². The number of hydrogen-bond donors (Lipinski definition) is 1. The van der Waals surface area contributed by atoms with Gasteiger partial charge in [0.05, 0.1) is 12.1 Å². The third-order valence-electron chi connectivity index (χ3n) is 4.67. The third-order valence-corrected chi connectivity index (χ3v) is 5.79. The molecule has 1 N–H and O–H groups in total. The number of carbonyl (C=O) groups excluding carboxylic acids is 1. The van der Waals surface area contributed by atoms with E-state index in [-0.39, 0.29) is 18.4 Å². The molecule has 2 aromatic heterocycles. The molecule has 6 nitrogen and oxygen atoms in total. The standard InChI is InChI=1S/C23H21ClN4O2S/c1-28-12-11-25-23(28)22(16-5-3-2-4-6-16)27-20(29)13-18-15-31-21(26-18)14-30-19-9-7-17(24)8-10-19/h2-12,15,22H,13-14H2,1H3,(H,27,29). The summed E-state index contributed by atoms with van der Waals surface area (Å²) < 4.78 is 7.64. The number of ether oxygens (including phenoxy) is 1. The van der Waals surface area contributed by atoms with Crippen LogP contribution in [0.4, 0.5) is 0 Å².